The highest BCUT2D eigenvalue weighted by atomic mass is 79.9. The Kier molecular flexibility index (Phi) is 3.14. The summed E-state index contributed by atoms with van der Waals surface area (Å²) >= 11 is 3.20. The van der Waals surface area contributed by atoms with Crippen LogP contribution in [0, 0.1) is 12.7 Å². The van der Waals surface area contributed by atoms with E-state index in [9.17, 15) is 4.39 Å². The number of aryl methyl sites for hydroxylation is 1. The van der Waals surface area contributed by atoms with Crippen LogP contribution in [0.3, 0.4) is 0 Å². The Bertz CT molecular complexity index is 502. The van der Waals surface area contributed by atoms with Gasteiger partial charge in [0, 0.05) is 12.4 Å². The lowest BCUT2D eigenvalue weighted by molar-refractivity contribution is 0.437. The Labute approximate surface area is 100 Å². The second-order valence-electron chi connectivity index (χ2n) is 3.22. The maximum Gasteiger partial charge on any atom is 0.321 e. The van der Waals surface area contributed by atoms with Crippen LogP contribution in [-0.4, -0.2) is 9.97 Å². The van der Waals surface area contributed by atoms with Crippen LogP contribution < -0.4 is 4.74 Å². The molecule has 0 radical (unpaired) electrons. The third kappa shape index (κ3) is 2.55. The summed E-state index contributed by atoms with van der Waals surface area (Å²) in [5.41, 5.74) is 0.950. The van der Waals surface area contributed by atoms with E-state index in [2.05, 4.69) is 25.9 Å². The predicted octanol–water partition coefficient (Wildman–Crippen LogP) is 3.48. The molecule has 0 N–H and O–H groups in total. The van der Waals surface area contributed by atoms with E-state index in [1.54, 1.807) is 12.4 Å². The third-order valence-corrected chi connectivity index (χ3v) is 2.47. The molecule has 0 amide bonds. The Balaban J connectivity index is 2.23. The Hall–Kier alpha value is -1.49. The Morgan fingerprint density at radius 2 is 1.94 bits per heavy atom. The second-order valence-corrected chi connectivity index (χ2v) is 4.07. The SMILES string of the molecule is Cc1cnc(Oc2ccc(F)cc2Br)nc1. The summed E-state index contributed by atoms with van der Waals surface area (Å²) < 4.78 is 18.7. The van der Waals surface area contributed by atoms with Crippen molar-refractivity contribution in [1.29, 1.82) is 0 Å². The summed E-state index contributed by atoms with van der Waals surface area (Å²) in [5.74, 6) is 0.148. The molecular weight excluding hydrogens is 275 g/mol. The highest BCUT2D eigenvalue weighted by molar-refractivity contribution is 9.10. The zero-order valence-corrected chi connectivity index (χ0v) is 10.0. The molecule has 0 saturated heterocycles. The number of rotatable bonds is 2. The minimum atomic E-state index is -0.330. The summed E-state index contributed by atoms with van der Waals surface area (Å²) in [6, 6.07) is 4.39. The summed E-state index contributed by atoms with van der Waals surface area (Å²) in [6.07, 6.45) is 3.31. The van der Waals surface area contributed by atoms with Crippen molar-refractivity contribution in [2.24, 2.45) is 0 Å². The van der Waals surface area contributed by atoms with Crippen LogP contribution in [0.25, 0.3) is 0 Å². The van der Waals surface area contributed by atoms with Crippen molar-refractivity contribution in [3.63, 3.8) is 0 Å². The van der Waals surface area contributed by atoms with Crippen molar-refractivity contribution in [2.75, 3.05) is 0 Å². The van der Waals surface area contributed by atoms with Crippen LogP contribution in [-0.2, 0) is 0 Å². The van der Waals surface area contributed by atoms with Crippen molar-refractivity contribution in [1.82, 2.24) is 9.97 Å². The van der Waals surface area contributed by atoms with E-state index in [1.807, 2.05) is 6.92 Å². The lowest BCUT2D eigenvalue weighted by Gasteiger charge is -2.05. The summed E-state index contributed by atoms with van der Waals surface area (Å²) in [5, 5.41) is 0. The minimum absolute atomic E-state index is 0.234. The van der Waals surface area contributed by atoms with E-state index < -0.39 is 0 Å². The number of aromatic nitrogens is 2. The highest BCUT2D eigenvalue weighted by Gasteiger charge is 2.05. The standard InChI is InChI=1S/C11H8BrFN2O/c1-7-5-14-11(15-6-7)16-10-3-2-8(13)4-9(10)12/h2-6H,1H3. The van der Waals surface area contributed by atoms with Gasteiger partial charge in [0.15, 0.2) is 0 Å². The van der Waals surface area contributed by atoms with Crippen molar-refractivity contribution in [3.8, 4) is 11.8 Å². The van der Waals surface area contributed by atoms with Crippen molar-refractivity contribution in [3.05, 3.63) is 46.4 Å². The third-order valence-electron chi connectivity index (χ3n) is 1.85. The van der Waals surface area contributed by atoms with Gasteiger partial charge in [-0.2, -0.15) is 0 Å². The van der Waals surface area contributed by atoms with Gasteiger partial charge in [-0.1, -0.05) is 0 Å². The quantitative estimate of drug-likeness (QED) is 0.846. The molecule has 0 unspecified atom stereocenters. The van der Waals surface area contributed by atoms with Gasteiger partial charge in [0.1, 0.15) is 11.6 Å². The average molecular weight is 283 g/mol. The fourth-order valence-corrected chi connectivity index (χ4v) is 1.52. The molecule has 1 aromatic carbocycles. The molecule has 5 heteroatoms. The summed E-state index contributed by atoms with van der Waals surface area (Å²) in [4.78, 5) is 7.98. The molecule has 0 atom stereocenters. The van der Waals surface area contributed by atoms with Crippen LogP contribution in [0.15, 0.2) is 35.1 Å². The van der Waals surface area contributed by atoms with Gasteiger partial charge in [-0.25, -0.2) is 14.4 Å². The molecule has 0 bridgehead atoms. The van der Waals surface area contributed by atoms with E-state index in [0.717, 1.165) is 5.56 Å². The second kappa shape index (κ2) is 4.57. The zero-order chi connectivity index (χ0) is 11.5. The van der Waals surface area contributed by atoms with Crippen molar-refractivity contribution in [2.45, 2.75) is 6.92 Å². The van der Waals surface area contributed by atoms with E-state index in [-0.39, 0.29) is 11.8 Å². The number of benzene rings is 1. The van der Waals surface area contributed by atoms with Gasteiger partial charge in [-0.3, -0.25) is 0 Å². The maximum absolute atomic E-state index is 12.8. The van der Waals surface area contributed by atoms with Gasteiger partial charge in [0.25, 0.3) is 0 Å². The van der Waals surface area contributed by atoms with Gasteiger partial charge < -0.3 is 4.74 Å². The lowest BCUT2D eigenvalue weighted by Crippen LogP contribution is -1.92. The number of hydrogen-bond donors (Lipinski definition) is 0. The number of nitrogens with zero attached hydrogens (tertiary/aromatic N) is 2. The number of ether oxygens (including phenoxy) is 1. The average Bonchev–Trinajstić information content (AvgIpc) is 2.25. The Morgan fingerprint density at radius 1 is 1.25 bits per heavy atom. The zero-order valence-electron chi connectivity index (χ0n) is 8.45. The molecule has 2 aromatic rings. The smallest absolute Gasteiger partial charge is 0.321 e. The molecule has 1 heterocycles. The molecule has 0 aliphatic heterocycles. The van der Waals surface area contributed by atoms with E-state index in [4.69, 9.17) is 4.74 Å². The summed E-state index contributed by atoms with van der Waals surface area (Å²) in [6.45, 7) is 1.89. The molecular formula is C11H8BrFN2O. The molecule has 0 saturated carbocycles. The Morgan fingerprint density at radius 3 is 2.56 bits per heavy atom. The van der Waals surface area contributed by atoms with Crippen LogP contribution in [0.1, 0.15) is 5.56 Å². The van der Waals surface area contributed by atoms with Crippen molar-refractivity contribution < 1.29 is 9.13 Å². The molecule has 0 aliphatic carbocycles. The summed E-state index contributed by atoms with van der Waals surface area (Å²) in [7, 11) is 0. The fraction of sp³-hybridized carbons (Fsp3) is 0.0909. The van der Waals surface area contributed by atoms with Gasteiger partial charge >= 0.3 is 6.01 Å². The van der Waals surface area contributed by atoms with E-state index >= 15 is 0 Å². The van der Waals surface area contributed by atoms with Gasteiger partial charge in [-0.15, -0.1) is 0 Å². The molecule has 3 nitrogen and oxygen atoms in total. The molecule has 0 aliphatic rings. The van der Waals surface area contributed by atoms with Crippen LogP contribution in [0.4, 0.5) is 4.39 Å². The highest BCUT2D eigenvalue weighted by Crippen LogP contribution is 2.28. The first kappa shape index (κ1) is 11.0. The van der Waals surface area contributed by atoms with Crippen LogP contribution in [0.5, 0.6) is 11.8 Å². The monoisotopic (exact) mass is 282 g/mol. The van der Waals surface area contributed by atoms with E-state index in [0.29, 0.717) is 10.2 Å². The number of halogens is 2. The number of hydrogen-bond acceptors (Lipinski definition) is 3. The largest absolute Gasteiger partial charge is 0.423 e. The predicted molar refractivity (Wildman–Crippen MR) is 60.9 cm³/mol. The van der Waals surface area contributed by atoms with Gasteiger partial charge in [0.2, 0.25) is 0 Å². The molecule has 2 rings (SSSR count). The molecule has 82 valence electrons. The molecule has 0 fully saturated rings. The topological polar surface area (TPSA) is 35.0 Å². The minimum Gasteiger partial charge on any atom is -0.423 e. The molecule has 16 heavy (non-hydrogen) atoms. The van der Waals surface area contributed by atoms with Gasteiger partial charge in [-0.05, 0) is 46.6 Å². The van der Waals surface area contributed by atoms with E-state index in [1.165, 1.54) is 18.2 Å². The first-order chi connectivity index (χ1) is 7.65. The van der Waals surface area contributed by atoms with Crippen molar-refractivity contribution >= 4 is 15.9 Å². The maximum atomic E-state index is 12.8. The lowest BCUT2D eigenvalue weighted by atomic mass is 10.3. The molecule has 0 spiro atoms. The fourth-order valence-electron chi connectivity index (χ4n) is 1.09. The first-order valence-corrected chi connectivity index (χ1v) is 5.36. The van der Waals surface area contributed by atoms with Gasteiger partial charge in [0.05, 0.1) is 4.47 Å². The van der Waals surface area contributed by atoms with Crippen LogP contribution >= 0.6 is 15.9 Å². The van der Waals surface area contributed by atoms with Crippen LogP contribution in [0.2, 0.25) is 0 Å². The molecule has 1 aromatic heterocycles. The first-order valence-electron chi connectivity index (χ1n) is 4.57. The normalized spacial score (nSPS) is 10.2.